The Hall–Kier alpha value is -1.30. The van der Waals surface area contributed by atoms with Crippen molar-refractivity contribution in [1.82, 2.24) is 10.6 Å². The van der Waals surface area contributed by atoms with Gasteiger partial charge in [-0.2, -0.15) is 0 Å². The lowest BCUT2D eigenvalue weighted by Crippen LogP contribution is -2.45. The van der Waals surface area contributed by atoms with Crippen LogP contribution >= 0.6 is 12.4 Å². The molecule has 0 aliphatic carbocycles. The first-order valence-electron chi connectivity index (χ1n) is 7.62. The number of benzene rings is 1. The van der Waals surface area contributed by atoms with E-state index in [1.165, 1.54) is 0 Å². The second kappa shape index (κ2) is 10.4. The lowest BCUT2D eigenvalue weighted by atomic mass is 10.1. The Morgan fingerprint density at radius 2 is 2.18 bits per heavy atom. The number of amides is 1. The minimum absolute atomic E-state index is 0. The number of carbonyl (C=O) groups excluding carboxylic acids is 1. The van der Waals surface area contributed by atoms with Crippen molar-refractivity contribution in [1.29, 1.82) is 0 Å². The Kier molecular flexibility index (Phi) is 8.89. The van der Waals surface area contributed by atoms with Crippen molar-refractivity contribution >= 4 is 18.3 Å². The summed E-state index contributed by atoms with van der Waals surface area (Å²) in [7, 11) is 0. The van der Waals surface area contributed by atoms with E-state index >= 15 is 0 Å². The van der Waals surface area contributed by atoms with Crippen LogP contribution < -0.4 is 15.4 Å². The zero-order valence-corrected chi connectivity index (χ0v) is 13.8. The molecule has 1 aromatic carbocycles. The van der Waals surface area contributed by atoms with Crippen molar-refractivity contribution in [2.45, 2.75) is 25.8 Å². The van der Waals surface area contributed by atoms with Crippen LogP contribution in [0.25, 0.3) is 0 Å². The van der Waals surface area contributed by atoms with Crippen LogP contribution in [0.4, 0.5) is 0 Å². The maximum atomic E-state index is 12.4. The molecule has 0 bridgehead atoms. The van der Waals surface area contributed by atoms with Gasteiger partial charge in [0.2, 0.25) is 0 Å². The third-order valence-electron chi connectivity index (χ3n) is 3.45. The molecule has 0 aromatic heterocycles. The van der Waals surface area contributed by atoms with E-state index in [4.69, 9.17) is 9.47 Å². The minimum atomic E-state index is -0.0734. The normalized spacial score (nSPS) is 17.4. The van der Waals surface area contributed by atoms with Gasteiger partial charge >= 0.3 is 0 Å². The highest BCUT2D eigenvalue weighted by Gasteiger charge is 2.18. The molecule has 1 atom stereocenters. The average molecular weight is 329 g/mol. The Morgan fingerprint density at radius 1 is 1.36 bits per heavy atom. The molecule has 6 heteroatoms. The summed E-state index contributed by atoms with van der Waals surface area (Å²) < 4.78 is 10.9. The topological polar surface area (TPSA) is 59.6 Å². The zero-order valence-electron chi connectivity index (χ0n) is 13.0. The first kappa shape index (κ1) is 18.7. The highest BCUT2D eigenvalue weighted by atomic mass is 35.5. The molecule has 0 radical (unpaired) electrons. The first-order chi connectivity index (χ1) is 10.3. The SMILES string of the molecule is CCOCCOc1ccccc1C(=O)N[C@H]1CCCNC1.Cl. The second-order valence-electron chi connectivity index (χ2n) is 5.06. The van der Waals surface area contributed by atoms with Gasteiger partial charge in [0.05, 0.1) is 12.2 Å². The molecule has 2 N–H and O–H groups in total. The van der Waals surface area contributed by atoms with E-state index in [0.29, 0.717) is 31.1 Å². The van der Waals surface area contributed by atoms with Gasteiger partial charge in [-0.25, -0.2) is 0 Å². The fourth-order valence-electron chi connectivity index (χ4n) is 2.37. The standard InChI is InChI=1S/C16H24N2O3.ClH/c1-2-20-10-11-21-15-8-4-3-7-14(15)16(19)18-13-6-5-9-17-12-13;/h3-4,7-8,13,17H,2,5-6,9-12H2,1H3,(H,18,19);1H/t13-;/m0./s1. The van der Waals surface area contributed by atoms with Crippen LogP contribution in [0.15, 0.2) is 24.3 Å². The van der Waals surface area contributed by atoms with Crippen molar-refractivity contribution in [3.8, 4) is 5.75 Å². The van der Waals surface area contributed by atoms with E-state index in [1.54, 1.807) is 6.07 Å². The maximum absolute atomic E-state index is 12.4. The maximum Gasteiger partial charge on any atom is 0.255 e. The smallest absolute Gasteiger partial charge is 0.255 e. The number of para-hydroxylation sites is 1. The molecule has 0 spiro atoms. The molecule has 1 fully saturated rings. The molecule has 124 valence electrons. The van der Waals surface area contributed by atoms with Crippen LogP contribution in [-0.4, -0.2) is 44.9 Å². The van der Waals surface area contributed by atoms with E-state index in [1.807, 2.05) is 25.1 Å². The Bertz CT molecular complexity index is 451. The molecule has 0 saturated carbocycles. The monoisotopic (exact) mass is 328 g/mol. The predicted molar refractivity (Wildman–Crippen MR) is 89.0 cm³/mol. The molecule has 1 aliphatic heterocycles. The molecule has 1 aliphatic rings. The molecule has 2 rings (SSSR count). The van der Waals surface area contributed by atoms with Gasteiger partial charge in [-0.05, 0) is 38.4 Å². The van der Waals surface area contributed by atoms with Crippen LogP contribution in [0.1, 0.15) is 30.1 Å². The summed E-state index contributed by atoms with van der Waals surface area (Å²) >= 11 is 0. The van der Waals surface area contributed by atoms with Gasteiger partial charge in [-0.1, -0.05) is 12.1 Å². The van der Waals surface area contributed by atoms with Gasteiger partial charge < -0.3 is 20.1 Å². The minimum Gasteiger partial charge on any atom is -0.490 e. The van der Waals surface area contributed by atoms with E-state index in [-0.39, 0.29) is 24.4 Å². The summed E-state index contributed by atoms with van der Waals surface area (Å²) in [5, 5.41) is 6.36. The Morgan fingerprint density at radius 3 is 2.91 bits per heavy atom. The molecule has 1 amide bonds. The Balaban J connectivity index is 0.00000242. The third-order valence-corrected chi connectivity index (χ3v) is 3.45. The number of rotatable bonds is 7. The summed E-state index contributed by atoms with van der Waals surface area (Å²) in [6, 6.07) is 7.53. The van der Waals surface area contributed by atoms with E-state index in [0.717, 1.165) is 25.9 Å². The van der Waals surface area contributed by atoms with E-state index in [2.05, 4.69) is 10.6 Å². The van der Waals surface area contributed by atoms with E-state index < -0.39 is 0 Å². The summed E-state index contributed by atoms with van der Waals surface area (Å²) in [5.74, 6) is 0.536. The van der Waals surface area contributed by atoms with Crippen LogP contribution in [-0.2, 0) is 4.74 Å². The predicted octanol–water partition coefficient (Wildman–Crippen LogP) is 2.01. The third kappa shape index (κ3) is 5.83. The van der Waals surface area contributed by atoms with Gasteiger partial charge in [-0.15, -0.1) is 12.4 Å². The zero-order chi connectivity index (χ0) is 14.9. The summed E-state index contributed by atoms with van der Waals surface area (Å²) in [5.41, 5.74) is 0.583. The molecule has 1 aromatic rings. The fourth-order valence-corrected chi connectivity index (χ4v) is 2.37. The van der Waals surface area contributed by atoms with Gasteiger partial charge in [0.25, 0.3) is 5.91 Å². The van der Waals surface area contributed by atoms with Crippen LogP contribution in [0, 0.1) is 0 Å². The van der Waals surface area contributed by atoms with Crippen molar-refractivity contribution in [2.75, 3.05) is 32.9 Å². The van der Waals surface area contributed by atoms with Crippen LogP contribution in [0.2, 0.25) is 0 Å². The first-order valence-corrected chi connectivity index (χ1v) is 7.62. The van der Waals surface area contributed by atoms with Crippen molar-refractivity contribution in [3.05, 3.63) is 29.8 Å². The highest BCUT2D eigenvalue weighted by molar-refractivity contribution is 5.97. The summed E-state index contributed by atoms with van der Waals surface area (Å²) in [6.45, 7) is 5.45. The number of carbonyl (C=O) groups is 1. The van der Waals surface area contributed by atoms with E-state index in [9.17, 15) is 4.79 Å². The molecule has 22 heavy (non-hydrogen) atoms. The highest BCUT2D eigenvalue weighted by Crippen LogP contribution is 2.18. The van der Waals surface area contributed by atoms with Gasteiger partial charge in [0, 0.05) is 19.2 Å². The molecular weight excluding hydrogens is 304 g/mol. The van der Waals surface area contributed by atoms with Crippen molar-refractivity contribution in [2.24, 2.45) is 0 Å². The number of hydrogen-bond acceptors (Lipinski definition) is 4. The Labute approximate surface area is 138 Å². The number of nitrogens with one attached hydrogen (secondary N) is 2. The number of halogens is 1. The lowest BCUT2D eigenvalue weighted by molar-refractivity contribution is 0.0915. The molecule has 1 heterocycles. The summed E-state index contributed by atoms with van der Waals surface area (Å²) in [4.78, 5) is 12.4. The number of ether oxygens (including phenoxy) is 2. The lowest BCUT2D eigenvalue weighted by Gasteiger charge is -2.24. The number of hydrogen-bond donors (Lipinski definition) is 2. The van der Waals surface area contributed by atoms with Gasteiger partial charge in [-0.3, -0.25) is 4.79 Å². The number of piperidine rings is 1. The quantitative estimate of drug-likeness (QED) is 0.752. The second-order valence-corrected chi connectivity index (χ2v) is 5.06. The van der Waals surface area contributed by atoms with Crippen molar-refractivity contribution in [3.63, 3.8) is 0 Å². The molecule has 1 saturated heterocycles. The largest absolute Gasteiger partial charge is 0.490 e. The molecule has 0 unspecified atom stereocenters. The van der Waals surface area contributed by atoms with Gasteiger partial charge in [0.15, 0.2) is 0 Å². The van der Waals surface area contributed by atoms with Crippen LogP contribution in [0.5, 0.6) is 5.75 Å². The van der Waals surface area contributed by atoms with Crippen molar-refractivity contribution < 1.29 is 14.3 Å². The van der Waals surface area contributed by atoms with Crippen LogP contribution in [0.3, 0.4) is 0 Å². The molecule has 5 nitrogen and oxygen atoms in total. The summed E-state index contributed by atoms with van der Waals surface area (Å²) in [6.07, 6.45) is 2.11. The molecular formula is C16H25ClN2O3. The average Bonchev–Trinajstić information content (AvgIpc) is 2.53. The fraction of sp³-hybridized carbons (Fsp3) is 0.562. The van der Waals surface area contributed by atoms with Gasteiger partial charge in [0.1, 0.15) is 12.4 Å².